The number of hydrogen-bond donors (Lipinski definition) is 1. The average molecular weight is 383 g/mol. The second kappa shape index (κ2) is 10.1. The minimum Gasteiger partial charge on any atom is -0.469 e. The number of nitriles is 1. The summed E-state index contributed by atoms with van der Waals surface area (Å²) in [4.78, 5) is 19.8. The topological polar surface area (TPSA) is 81.0 Å². The van der Waals surface area contributed by atoms with Crippen LogP contribution in [0.3, 0.4) is 0 Å². The number of ether oxygens (including phenoxy) is 1. The Morgan fingerprint density at radius 2 is 2.04 bits per heavy atom. The third-order valence-electron chi connectivity index (χ3n) is 5.63. The van der Waals surface area contributed by atoms with E-state index in [2.05, 4.69) is 20.1 Å². The number of hydrogen-bond acceptors (Lipinski definition) is 5. The number of aliphatic imine (C=N–C) groups is 1. The van der Waals surface area contributed by atoms with E-state index in [4.69, 9.17) is 4.74 Å². The first-order valence-corrected chi connectivity index (χ1v) is 10.1. The van der Waals surface area contributed by atoms with E-state index in [0.29, 0.717) is 12.8 Å². The van der Waals surface area contributed by atoms with Gasteiger partial charge in [-0.1, -0.05) is 12.1 Å². The summed E-state index contributed by atoms with van der Waals surface area (Å²) in [5, 5.41) is 12.6. The van der Waals surface area contributed by atoms with Gasteiger partial charge in [-0.15, -0.1) is 4.99 Å². The number of benzene rings is 1. The summed E-state index contributed by atoms with van der Waals surface area (Å²) in [5.74, 6) is 1.31. The molecule has 0 spiro atoms. The van der Waals surface area contributed by atoms with Crippen molar-refractivity contribution in [2.24, 2.45) is 10.9 Å². The van der Waals surface area contributed by atoms with E-state index in [9.17, 15) is 10.1 Å². The zero-order valence-electron chi connectivity index (χ0n) is 16.6. The monoisotopic (exact) mass is 383 g/mol. The minimum absolute atomic E-state index is 0.198. The lowest BCUT2D eigenvalue weighted by Gasteiger charge is -2.26. The Labute approximate surface area is 167 Å². The van der Waals surface area contributed by atoms with Crippen molar-refractivity contribution in [3.05, 3.63) is 29.8 Å². The number of rotatable bonds is 7. The number of guanidine groups is 1. The van der Waals surface area contributed by atoms with E-state index in [1.165, 1.54) is 20.0 Å². The van der Waals surface area contributed by atoms with Crippen molar-refractivity contribution in [1.82, 2.24) is 10.2 Å². The normalized spacial score (nSPS) is 19.1. The lowest BCUT2D eigenvalue weighted by atomic mass is 9.94. The highest BCUT2D eigenvalue weighted by Crippen LogP contribution is 2.23. The summed E-state index contributed by atoms with van der Waals surface area (Å²) >= 11 is 0. The summed E-state index contributed by atoms with van der Waals surface area (Å²) in [6, 6.07) is 8.13. The van der Waals surface area contributed by atoms with Crippen LogP contribution in [0.25, 0.3) is 0 Å². The van der Waals surface area contributed by atoms with E-state index in [-0.39, 0.29) is 5.97 Å². The first-order chi connectivity index (χ1) is 13.7. The molecule has 0 saturated carbocycles. The maximum atomic E-state index is 11.3. The van der Waals surface area contributed by atoms with Crippen LogP contribution in [0, 0.1) is 17.4 Å². The summed E-state index contributed by atoms with van der Waals surface area (Å²) in [7, 11) is 1.41. The van der Waals surface area contributed by atoms with Gasteiger partial charge in [-0.25, -0.2) is 0 Å². The van der Waals surface area contributed by atoms with Crippen LogP contribution in [0.15, 0.2) is 29.3 Å². The molecule has 2 heterocycles. The van der Waals surface area contributed by atoms with Gasteiger partial charge in [0.05, 0.1) is 7.11 Å². The Morgan fingerprint density at radius 3 is 2.71 bits per heavy atom. The molecule has 150 valence electrons. The Balaban J connectivity index is 1.60. The molecule has 0 aliphatic carbocycles. The van der Waals surface area contributed by atoms with Gasteiger partial charge in [-0.2, -0.15) is 5.26 Å². The minimum atomic E-state index is -0.198. The van der Waals surface area contributed by atoms with Crippen LogP contribution in [0.1, 0.15) is 31.2 Å². The predicted octanol–water partition coefficient (Wildman–Crippen LogP) is 2.14. The van der Waals surface area contributed by atoms with Gasteiger partial charge < -0.3 is 19.9 Å². The van der Waals surface area contributed by atoms with Crippen molar-refractivity contribution in [3.63, 3.8) is 0 Å². The number of carbonyl (C=O) groups excluding carboxylic acids is 1. The maximum Gasteiger partial charge on any atom is 0.305 e. The standard InChI is InChI=1S/C21H29N5O2/c1-28-20(27)7-4-17-2-5-19(6-3-17)26-15-14-25(21(26)24-16-22)13-10-18-8-11-23-12-9-18/h2-3,5-6,18,23H,4,7-15H2,1H3. The fourth-order valence-electron chi connectivity index (χ4n) is 3.92. The molecule has 2 aliphatic rings. The lowest BCUT2D eigenvalue weighted by Crippen LogP contribution is -2.36. The number of methoxy groups -OCH3 is 1. The van der Waals surface area contributed by atoms with Gasteiger partial charge >= 0.3 is 5.97 Å². The second-order valence-corrected chi connectivity index (χ2v) is 7.38. The number of carbonyl (C=O) groups is 1. The molecule has 0 atom stereocenters. The van der Waals surface area contributed by atoms with Gasteiger partial charge in [0.15, 0.2) is 0 Å². The molecule has 0 aromatic heterocycles. The highest BCUT2D eigenvalue weighted by atomic mass is 16.5. The highest BCUT2D eigenvalue weighted by Gasteiger charge is 2.28. The van der Waals surface area contributed by atoms with E-state index in [0.717, 1.165) is 62.3 Å². The zero-order chi connectivity index (χ0) is 19.8. The molecule has 2 saturated heterocycles. The first-order valence-electron chi connectivity index (χ1n) is 10.1. The molecule has 1 N–H and O–H groups in total. The molecule has 0 amide bonds. The van der Waals surface area contributed by atoms with Crippen LogP contribution in [-0.4, -0.2) is 56.7 Å². The van der Waals surface area contributed by atoms with Crippen molar-refractivity contribution in [1.29, 1.82) is 5.26 Å². The Hall–Kier alpha value is -2.59. The van der Waals surface area contributed by atoms with Gasteiger partial charge in [0, 0.05) is 31.7 Å². The summed E-state index contributed by atoms with van der Waals surface area (Å²) in [5.41, 5.74) is 2.12. The first kappa shape index (κ1) is 20.2. The van der Waals surface area contributed by atoms with Crippen molar-refractivity contribution in [2.75, 3.05) is 44.7 Å². The maximum absolute atomic E-state index is 11.3. The van der Waals surface area contributed by atoms with Gasteiger partial charge in [0.1, 0.15) is 0 Å². The van der Waals surface area contributed by atoms with Gasteiger partial charge in [0.25, 0.3) is 0 Å². The van der Waals surface area contributed by atoms with Crippen molar-refractivity contribution >= 4 is 17.6 Å². The number of anilines is 1. The van der Waals surface area contributed by atoms with Crippen LogP contribution in [0.5, 0.6) is 0 Å². The van der Waals surface area contributed by atoms with Crippen LogP contribution in [0.2, 0.25) is 0 Å². The van der Waals surface area contributed by atoms with Crippen LogP contribution < -0.4 is 10.2 Å². The third-order valence-corrected chi connectivity index (χ3v) is 5.63. The van der Waals surface area contributed by atoms with E-state index >= 15 is 0 Å². The number of aryl methyl sites for hydroxylation is 1. The number of esters is 1. The molecule has 3 rings (SSSR count). The molecule has 0 radical (unpaired) electrons. The Morgan fingerprint density at radius 1 is 1.29 bits per heavy atom. The molecule has 28 heavy (non-hydrogen) atoms. The summed E-state index contributed by atoms with van der Waals surface area (Å²) < 4.78 is 4.69. The summed E-state index contributed by atoms with van der Waals surface area (Å²) in [6.07, 6.45) is 6.62. The Bertz CT molecular complexity index is 719. The van der Waals surface area contributed by atoms with E-state index < -0.39 is 0 Å². The molecule has 7 heteroatoms. The molecule has 0 unspecified atom stereocenters. The van der Waals surface area contributed by atoms with Crippen molar-refractivity contribution in [2.45, 2.75) is 32.1 Å². The van der Waals surface area contributed by atoms with Crippen LogP contribution >= 0.6 is 0 Å². The molecular formula is C21H29N5O2. The van der Waals surface area contributed by atoms with Crippen molar-refractivity contribution < 1.29 is 9.53 Å². The van der Waals surface area contributed by atoms with Crippen LogP contribution in [0.4, 0.5) is 5.69 Å². The third kappa shape index (κ3) is 5.23. The molecular weight excluding hydrogens is 354 g/mol. The molecule has 0 bridgehead atoms. The smallest absolute Gasteiger partial charge is 0.305 e. The van der Waals surface area contributed by atoms with E-state index in [1.807, 2.05) is 30.5 Å². The number of nitrogens with zero attached hydrogens (tertiary/aromatic N) is 4. The SMILES string of the molecule is COC(=O)CCc1ccc(N2CCN(CCC3CCNCC3)C2=NC#N)cc1. The highest BCUT2D eigenvalue weighted by molar-refractivity contribution is 5.98. The zero-order valence-corrected chi connectivity index (χ0v) is 16.6. The van der Waals surface area contributed by atoms with Crippen molar-refractivity contribution in [3.8, 4) is 6.19 Å². The largest absolute Gasteiger partial charge is 0.469 e. The average Bonchev–Trinajstić information content (AvgIpc) is 3.14. The van der Waals surface area contributed by atoms with Gasteiger partial charge in [-0.05, 0) is 62.4 Å². The van der Waals surface area contributed by atoms with Crippen LogP contribution in [-0.2, 0) is 16.0 Å². The lowest BCUT2D eigenvalue weighted by molar-refractivity contribution is -0.140. The van der Waals surface area contributed by atoms with E-state index in [1.54, 1.807) is 0 Å². The molecule has 7 nitrogen and oxygen atoms in total. The second-order valence-electron chi connectivity index (χ2n) is 7.38. The quantitative estimate of drug-likeness (QED) is 0.574. The summed E-state index contributed by atoms with van der Waals surface area (Å²) in [6.45, 7) is 4.87. The number of piperidine rings is 1. The van der Waals surface area contributed by atoms with Gasteiger partial charge in [0.2, 0.25) is 12.2 Å². The predicted molar refractivity (Wildman–Crippen MR) is 109 cm³/mol. The fraction of sp³-hybridized carbons (Fsp3) is 0.571. The molecule has 2 aliphatic heterocycles. The fourth-order valence-corrected chi connectivity index (χ4v) is 3.92. The molecule has 1 aromatic rings. The molecule has 1 aromatic carbocycles. The number of nitrogens with one attached hydrogen (secondary N) is 1. The Kier molecular flexibility index (Phi) is 7.26. The molecule has 2 fully saturated rings. The van der Waals surface area contributed by atoms with Gasteiger partial charge in [-0.3, -0.25) is 4.79 Å².